The summed E-state index contributed by atoms with van der Waals surface area (Å²) in [5.74, 6) is -2.25. The number of hydrogen-bond acceptors (Lipinski definition) is 9. The van der Waals surface area contributed by atoms with Gasteiger partial charge in [-0.1, -0.05) is 24.3 Å². The van der Waals surface area contributed by atoms with Crippen LogP contribution in [0.5, 0.6) is 0 Å². The second-order valence-corrected chi connectivity index (χ2v) is 9.32. The number of nitrogens with one attached hydrogen (secondary N) is 3. The van der Waals surface area contributed by atoms with Crippen molar-refractivity contribution in [2.45, 2.75) is 26.3 Å². The number of anilines is 2. The molecule has 0 saturated carbocycles. The molecule has 0 aliphatic rings. The molecular formula is C29H28N6O8. The minimum atomic E-state index is -1.22. The topological polar surface area (TPSA) is 194 Å². The highest BCUT2D eigenvalue weighted by Crippen LogP contribution is 2.31. The number of carbonyl (C=O) groups is 4. The number of aliphatic carboxylic acids is 1. The summed E-state index contributed by atoms with van der Waals surface area (Å²) >= 11 is 0. The molecule has 0 aliphatic carbocycles. The molecule has 4 N–H and O–H groups in total. The summed E-state index contributed by atoms with van der Waals surface area (Å²) in [5.41, 5.74) is 1.84. The highest BCUT2D eigenvalue weighted by Gasteiger charge is 2.24. The molecule has 0 radical (unpaired) electrons. The number of aromatic nitrogens is 2. The van der Waals surface area contributed by atoms with Gasteiger partial charge in [-0.05, 0) is 36.8 Å². The van der Waals surface area contributed by atoms with Crippen molar-refractivity contribution in [1.29, 1.82) is 0 Å². The number of nitro benzene ring substituents is 1. The van der Waals surface area contributed by atoms with Gasteiger partial charge in [-0.3, -0.25) is 33.7 Å². The first-order valence-corrected chi connectivity index (χ1v) is 13.1. The molecule has 14 nitrogen and oxygen atoms in total. The highest BCUT2D eigenvalue weighted by molar-refractivity contribution is 6.01. The van der Waals surface area contributed by atoms with Gasteiger partial charge in [0.1, 0.15) is 18.1 Å². The molecule has 4 rings (SSSR count). The molecule has 0 bridgehead atoms. The van der Waals surface area contributed by atoms with E-state index in [0.29, 0.717) is 22.8 Å². The number of carbonyl (C=O) groups excluding carboxylic acids is 3. The Morgan fingerprint density at radius 1 is 1.09 bits per heavy atom. The summed E-state index contributed by atoms with van der Waals surface area (Å²) in [7, 11) is 0. The zero-order valence-corrected chi connectivity index (χ0v) is 23.2. The molecule has 14 heteroatoms. The first kappa shape index (κ1) is 30.2. The zero-order valence-electron chi connectivity index (χ0n) is 23.2. The van der Waals surface area contributed by atoms with Crippen LogP contribution in [0.4, 0.5) is 17.2 Å². The Morgan fingerprint density at radius 3 is 2.49 bits per heavy atom. The number of rotatable bonds is 12. The van der Waals surface area contributed by atoms with Crippen molar-refractivity contribution in [3.63, 3.8) is 0 Å². The first-order chi connectivity index (χ1) is 20.6. The van der Waals surface area contributed by atoms with Crippen molar-refractivity contribution in [2.24, 2.45) is 0 Å². The van der Waals surface area contributed by atoms with E-state index in [-0.39, 0.29) is 41.5 Å². The highest BCUT2D eigenvalue weighted by atomic mass is 16.6. The van der Waals surface area contributed by atoms with E-state index in [1.807, 2.05) is 0 Å². The first-order valence-electron chi connectivity index (χ1n) is 13.1. The molecule has 0 saturated heterocycles. The number of imidazole rings is 1. The fourth-order valence-electron chi connectivity index (χ4n) is 4.42. The third-order valence-electron chi connectivity index (χ3n) is 6.25. The molecular weight excluding hydrogens is 560 g/mol. The molecule has 0 fully saturated rings. The lowest BCUT2D eigenvalue weighted by Crippen LogP contribution is -2.30. The van der Waals surface area contributed by atoms with Gasteiger partial charge in [-0.2, -0.15) is 0 Å². The number of esters is 1. The Labute approximate surface area is 244 Å². The van der Waals surface area contributed by atoms with E-state index in [1.165, 1.54) is 37.3 Å². The second-order valence-electron chi connectivity index (χ2n) is 9.32. The van der Waals surface area contributed by atoms with E-state index in [9.17, 15) is 34.4 Å². The molecule has 1 unspecified atom stereocenters. The van der Waals surface area contributed by atoms with Gasteiger partial charge in [0.05, 0.1) is 29.6 Å². The van der Waals surface area contributed by atoms with E-state index in [0.717, 1.165) is 0 Å². The van der Waals surface area contributed by atoms with E-state index in [2.05, 4.69) is 16.0 Å². The van der Waals surface area contributed by atoms with Gasteiger partial charge in [0.15, 0.2) is 5.65 Å². The lowest BCUT2D eigenvalue weighted by atomic mass is 10.0. The van der Waals surface area contributed by atoms with Crippen LogP contribution in [0, 0.1) is 10.1 Å². The molecule has 4 aromatic rings. The van der Waals surface area contributed by atoms with Crippen molar-refractivity contribution in [1.82, 2.24) is 14.7 Å². The van der Waals surface area contributed by atoms with Gasteiger partial charge in [-0.25, -0.2) is 4.98 Å². The Balaban J connectivity index is 1.75. The van der Waals surface area contributed by atoms with Gasteiger partial charge in [0.25, 0.3) is 11.6 Å². The minimum absolute atomic E-state index is 0.0867. The van der Waals surface area contributed by atoms with Crippen LogP contribution in [0.15, 0.2) is 66.9 Å². The number of nitrogens with zero attached hydrogens (tertiary/aromatic N) is 3. The number of fused-ring (bicyclic) bond motifs is 1. The number of carboxylic acid groups (broad SMARTS) is 1. The van der Waals surface area contributed by atoms with E-state index in [1.54, 1.807) is 47.9 Å². The quantitative estimate of drug-likeness (QED) is 0.107. The Bertz CT molecular complexity index is 1700. The van der Waals surface area contributed by atoms with Gasteiger partial charge < -0.3 is 25.8 Å². The molecule has 2 aromatic carbocycles. The van der Waals surface area contributed by atoms with Crippen LogP contribution in [0.25, 0.3) is 16.9 Å². The molecule has 1 atom stereocenters. The number of carboxylic acids is 1. The number of amides is 2. The summed E-state index contributed by atoms with van der Waals surface area (Å²) in [4.78, 5) is 64.1. The van der Waals surface area contributed by atoms with Crippen LogP contribution in [0.2, 0.25) is 0 Å². The van der Waals surface area contributed by atoms with Crippen LogP contribution in [-0.2, 0) is 19.1 Å². The van der Waals surface area contributed by atoms with Crippen molar-refractivity contribution >= 4 is 46.6 Å². The van der Waals surface area contributed by atoms with Gasteiger partial charge in [-0.15, -0.1) is 0 Å². The summed E-state index contributed by atoms with van der Waals surface area (Å²) in [6, 6.07) is 14.2. The van der Waals surface area contributed by atoms with Crippen molar-refractivity contribution < 1.29 is 33.9 Å². The molecule has 0 aliphatic heterocycles. The second kappa shape index (κ2) is 13.2. The lowest BCUT2D eigenvalue weighted by molar-refractivity contribution is -0.384. The summed E-state index contributed by atoms with van der Waals surface area (Å²) in [5, 5.41) is 29.1. The molecule has 43 heavy (non-hydrogen) atoms. The Morgan fingerprint density at radius 2 is 1.84 bits per heavy atom. The number of hydrogen-bond donors (Lipinski definition) is 4. The Kier molecular flexibility index (Phi) is 9.30. The summed E-state index contributed by atoms with van der Waals surface area (Å²) in [6.45, 7) is 3.07. The van der Waals surface area contributed by atoms with Crippen LogP contribution >= 0.6 is 0 Å². The largest absolute Gasteiger partial charge is 0.481 e. The molecule has 0 spiro atoms. The fourth-order valence-corrected chi connectivity index (χ4v) is 4.42. The third-order valence-corrected chi connectivity index (χ3v) is 6.25. The number of nitro groups is 1. The van der Waals surface area contributed by atoms with Crippen LogP contribution in [0.3, 0.4) is 0 Å². The third kappa shape index (κ3) is 7.30. The monoisotopic (exact) mass is 588 g/mol. The SMILES string of the molecule is CCOC(=O)CNc1c(-c2ccc(NC(C)=O)cc2)nc2c(C(=O)NC(CC(=O)O)c3cccc([N+](=O)[O-])c3)cccn12. The molecule has 2 amide bonds. The van der Waals surface area contributed by atoms with Crippen LogP contribution in [-0.4, -0.2) is 56.3 Å². The predicted molar refractivity (Wildman–Crippen MR) is 156 cm³/mol. The number of non-ortho nitro benzene ring substituents is 1. The number of pyridine rings is 1. The van der Waals surface area contributed by atoms with Gasteiger partial charge in [0, 0.05) is 36.5 Å². The van der Waals surface area contributed by atoms with Crippen LogP contribution in [0.1, 0.15) is 42.2 Å². The minimum Gasteiger partial charge on any atom is -0.481 e. The average molecular weight is 589 g/mol. The van der Waals surface area contributed by atoms with Crippen molar-refractivity contribution in [3.05, 3.63) is 88.1 Å². The summed E-state index contributed by atoms with van der Waals surface area (Å²) in [6.07, 6.45) is 1.11. The van der Waals surface area contributed by atoms with Gasteiger partial charge in [0.2, 0.25) is 5.91 Å². The Hall–Kier alpha value is -5.79. The molecule has 222 valence electrons. The molecule has 2 aromatic heterocycles. The van der Waals surface area contributed by atoms with Crippen LogP contribution < -0.4 is 16.0 Å². The standard InChI is InChI=1S/C29H28N6O8/c1-3-43-25(39)16-30-28-26(18-9-11-20(12-10-18)31-17(2)36)33-27-22(8-5-13-34(27)28)29(40)32-23(15-24(37)38)19-6-4-7-21(14-19)35(41)42/h4-14,23,30H,3,15-16H2,1-2H3,(H,31,36)(H,32,40)(H,37,38). The maximum absolute atomic E-state index is 13.6. The number of benzene rings is 2. The van der Waals surface area contributed by atoms with E-state index >= 15 is 0 Å². The molecule has 2 heterocycles. The maximum atomic E-state index is 13.6. The van der Waals surface area contributed by atoms with E-state index < -0.39 is 35.2 Å². The van der Waals surface area contributed by atoms with E-state index in [4.69, 9.17) is 9.72 Å². The van der Waals surface area contributed by atoms with Crippen molar-refractivity contribution in [2.75, 3.05) is 23.8 Å². The smallest absolute Gasteiger partial charge is 0.325 e. The zero-order chi connectivity index (χ0) is 31.1. The maximum Gasteiger partial charge on any atom is 0.325 e. The average Bonchev–Trinajstić information content (AvgIpc) is 3.34. The summed E-state index contributed by atoms with van der Waals surface area (Å²) < 4.78 is 6.60. The lowest BCUT2D eigenvalue weighted by Gasteiger charge is -2.17. The predicted octanol–water partition coefficient (Wildman–Crippen LogP) is 3.79. The fraction of sp³-hybridized carbons (Fsp3) is 0.207. The van der Waals surface area contributed by atoms with Crippen molar-refractivity contribution in [3.8, 4) is 11.3 Å². The van der Waals surface area contributed by atoms with Gasteiger partial charge >= 0.3 is 11.9 Å². The number of ether oxygens (including phenoxy) is 1. The normalized spacial score (nSPS) is 11.4.